The maximum absolute atomic E-state index is 14.2. The molecule has 0 aliphatic rings. The summed E-state index contributed by atoms with van der Waals surface area (Å²) in [7, 11) is 1.89. The highest BCUT2D eigenvalue weighted by molar-refractivity contribution is 5.35. The fourth-order valence-electron chi connectivity index (χ4n) is 2.46. The van der Waals surface area contributed by atoms with E-state index in [1.807, 2.05) is 33.2 Å². The summed E-state index contributed by atoms with van der Waals surface area (Å²) in [6.07, 6.45) is 2.97. The highest BCUT2D eigenvalue weighted by Gasteiger charge is 2.21. The largest absolute Gasteiger partial charge is 0.306 e. The molecule has 1 aromatic carbocycles. The van der Waals surface area contributed by atoms with Gasteiger partial charge < -0.3 is 5.32 Å². The molecule has 1 N–H and O–H groups in total. The zero-order chi connectivity index (χ0) is 14.7. The second kappa shape index (κ2) is 6.18. The van der Waals surface area contributed by atoms with E-state index in [0.29, 0.717) is 5.56 Å². The van der Waals surface area contributed by atoms with E-state index < -0.39 is 0 Å². The van der Waals surface area contributed by atoms with E-state index in [-0.39, 0.29) is 11.9 Å². The highest BCUT2D eigenvalue weighted by Crippen LogP contribution is 2.27. The molecule has 0 saturated heterocycles. The summed E-state index contributed by atoms with van der Waals surface area (Å²) in [5.74, 6) is -0.174. The van der Waals surface area contributed by atoms with E-state index in [2.05, 4.69) is 17.3 Å². The smallest absolute Gasteiger partial charge is 0.128 e. The second-order valence-corrected chi connectivity index (χ2v) is 5.26. The molecule has 1 heterocycles. The molecule has 0 aliphatic heterocycles. The Morgan fingerprint density at radius 1 is 1.30 bits per heavy atom. The molecule has 4 heteroatoms. The van der Waals surface area contributed by atoms with Gasteiger partial charge in [0.05, 0.1) is 11.7 Å². The molecule has 0 saturated carbocycles. The second-order valence-electron chi connectivity index (χ2n) is 5.26. The Bertz CT molecular complexity index is 589. The number of hydrogen-bond acceptors (Lipinski definition) is 2. The molecule has 2 rings (SSSR count). The lowest BCUT2D eigenvalue weighted by Crippen LogP contribution is -2.24. The van der Waals surface area contributed by atoms with Crippen molar-refractivity contribution < 1.29 is 4.39 Å². The molecule has 0 amide bonds. The number of nitrogens with one attached hydrogen (secondary N) is 1. The van der Waals surface area contributed by atoms with Gasteiger partial charge in [0.15, 0.2) is 0 Å². The Kier molecular flexibility index (Phi) is 4.55. The molecule has 3 nitrogen and oxygen atoms in total. The number of rotatable bonds is 5. The van der Waals surface area contributed by atoms with Crippen LogP contribution in [0.15, 0.2) is 24.4 Å². The summed E-state index contributed by atoms with van der Waals surface area (Å²) < 4.78 is 16.0. The van der Waals surface area contributed by atoms with Gasteiger partial charge in [0.1, 0.15) is 5.82 Å². The number of halogens is 1. The maximum atomic E-state index is 14.2. The number of aromatic nitrogens is 2. The maximum Gasteiger partial charge on any atom is 0.128 e. The third-order valence-corrected chi connectivity index (χ3v) is 3.42. The number of benzene rings is 1. The summed E-state index contributed by atoms with van der Waals surface area (Å²) in [4.78, 5) is 0. The Labute approximate surface area is 119 Å². The predicted octanol–water partition coefficient (Wildman–Crippen LogP) is 3.27. The zero-order valence-electron chi connectivity index (χ0n) is 12.6. The summed E-state index contributed by atoms with van der Waals surface area (Å²) in [5, 5.41) is 7.80. The average molecular weight is 275 g/mol. The standard InChI is InChI=1S/C16H22FN3/c1-5-8-18-16(14-10-20(4)19-12(14)3)13-9-11(2)6-7-15(13)17/h6-7,9-10,16,18H,5,8H2,1-4H3. The Hall–Kier alpha value is -1.68. The monoisotopic (exact) mass is 275 g/mol. The first kappa shape index (κ1) is 14.7. The molecular weight excluding hydrogens is 253 g/mol. The summed E-state index contributed by atoms with van der Waals surface area (Å²) in [6, 6.07) is 5.10. The number of nitrogens with zero attached hydrogens (tertiary/aromatic N) is 2. The van der Waals surface area contributed by atoms with Crippen LogP contribution in [0.5, 0.6) is 0 Å². The average Bonchev–Trinajstić information content (AvgIpc) is 2.73. The van der Waals surface area contributed by atoms with Crippen LogP contribution in [0.3, 0.4) is 0 Å². The van der Waals surface area contributed by atoms with Crippen LogP contribution in [0.25, 0.3) is 0 Å². The van der Waals surface area contributed by atoms with Crippen LogP contribution in [-0.2, 0) is 7.05 Å². The molecule has 108 valence electrons. The molecule has 0 fully saturated rings. The van der Waals surface area contributed by atoms with Gasteiger partial charge in [-0.15, -0.1) is 0 Å². The fraction of sp³-hybridized carbons (Fsp3) is 0.438. The van der Waals surface area contributed by atoms with E-state index in [1.54, 1.807) is 10.7 Å². The van der Waals surface area contributed by atoms with Crippen LogP contribution >= 0.6 is 0 Å². The lowest BCUT2D eigenvalue weighted by atomic mass is 9.97. The summed E-state index contributed by atoms with van der Waals surface area (Å²) in [5.41, 5.74) is 3.72. The first-order valence-electron chi connectivity index (χ1n) is 7.02. The van der Waals surface area contributed by atoms with Crippen LogP contribution in [0.4, 0.5) is 4.39 Å². The Morgan fingerprint density at radius 3 is 2.65 bits per heavy atom. The highest BCUT2D eigenvalue weighted by atomic mass is 19.1. The van der Waals surface area contributed by atoms with Crippen LogP contribution in [0.2, 0.25) is 0 Å². The topological polar surface area (TPSA) is 29.9 Å². The van der Waals surface area contributed by atoms with Gasteiger partial charge >= 0.3 is 0 Å². The van der Waals surface area contributed by atoms with Gasteiger partial charge in [-0.1, -0.05) is 24.6 Å². The van der Waals surface area contributed by atoms with Gasteiger partial charge in [-0.3, -0.25) is 4.68 Å². The first-order valence-corrected chi connectivity index (χ1v) is 7.02. The van der Waals surface area contributed by atoms with Gasteiger partial charge in [0.2, 0.25) is 0 Å². The molecule has 0 aliphatic carbocycles. The van der Waals surface area contributed by atoms with Crippen molar-refractivity contribution in [2.45, 2.75) is 33.2 Å². The molecule has 0 bridgehead atoms. The Morgan fingerprint density at radius 2 is 2.05 bits per heavy atom. The third-order valence-electron chi connectivity index (χ3n) is 3.42. The zero-order valence-corrected chi connectivity index (χ0v) is 12.6. The molecule has 0 spiro atoms. The molecule has 1 atom stereocenters. The van der Waals surface area contributed by atoms with Gasteiger partial charge in [-0.2, -0.15) is 5.10 Å². The summed E-state index contributed by atoms with van der Waals surface area (Å²) >= 11 is 0. The summed E-state index contributed by atoms with van der Waals surface area (Å²) in [6.45, 7) is 6.89. The van der Waals surface area contributed by atoms with Crippen molar-refractivity contribution in [3.05, 3.63) is 52.6 Å². The minimum atomic E-state index is -0.174. The molecule has 1 unspecified atom stereocenters. The van der Waals surface area contributed by atoms with Crippen molar-refractivity contribution in [1.29, 1.82) is 0 Å². The van der Waals surface area contributed by atoms with Crippen molar-refractivity contribution in [1.82, 2.24) is 15.1 Å². The van der Waals surface area contributed by atoms with Gasteiger partial charge in [-0.05, 0) is 32.9 Å². The van der Waals surface area contributed by atoms with Crippen molar-refractivity contribution in [3.8, 4) is 0 Å². The van der Waals surface area contributed by atoms with Crippen molar-refractivity contribution in [2.24, 2.45) is 7.05 Å². The lowest BCUT2D eigenvalue weighted by molar-refractivity contribution is 0.545. The third kappa shape index (κ3) is 3.07. The molecule has 2 aromatic rings. The molecule has 1 aromatic heterocycles. The quantitative estimate of drug-likeness (QED) is 0.907. The van der Waals surface area contributed by atoms with Gasteiger partial charge in [-0.25, -0.2) is 4.39 Å². The molecular formula is C16H22FN3. The molecule has 0 radical (unpaired) electrons. The number of hydrogen-bond donors (Lipinski definition) is 1. The van der Waals surface area contributed by atoms with Crippen LogP contribution in [0.1, 0.15) is 41.8 Å². The Balaban J connectivity index is 2.46. The lowest BCUT2D eigenvalue weighted by Gasteiger charge is -2.20. The van der Waals surface area contributed by atoms with E-state index in [0.717, 1.165) is 29.8 Å². The van der Waals surface area contributed by atoms with Crippen LogP contribution in [0, 0.1) is 19.7 Å². The molecule has 20 heavy (non-hydrogen) atoms. The minimum Gasteiger partial charge on any atom is -0.306 e. The van der Waals surface area contributed by atoms with Crippen molar-refractivity contribution >= 4 is 0 Å². The van der Waals surface area contributed by atoms with Crippen LogP contribution in [-0.4, -0.2) is 16.3 Å². The first-order chi connectivity index (χ1) is 9.52. The number of aryl methyl sites for hydroxylation is 3. The van der Waals surface area contributed by atoms with Crippen molar-refractivity contribution in [2.75, 3.05) is 6.54 Å². The van der Waals surface area contributed by atoms with Gasteiger partial charge in [0.25, 0.3) is 0 Å². The normalized spacial score (nSPS) is 12.7. The fourth-order valence-corrected chi connectivity index (χ4v) is 2.46. The van der Waals surface area contributed by atoms with E-state index >= 15 is 0 Å². The van der Waals surface area contributed by atoms with Gasteiger partial charge in [0, 0.05) is 24.4 Å². The van der Waals surface area contributed by atoms with E-state index in [4.69, 9.17) is 0 Å². The predicted molar refractivity (Wildman–Crippen MR) is 79.2 cm³/mol. The SMILES string of the molecule is CCCNC(c1cc(C)ccc1F)c1cn(C)nc1C. The van der Waals surface area contributed by atoms with Crippen molar-refractivity contribution in [3.63, 3.8) is 0 Å². The van der Waals surface area contributed by atoms with Crippen LogP contribution < -0.4 is 5.32 Å². The van der Waals surface area contributed by atoms with E-state index in [9.17, 15) is 4.39 Å². The van der Waals surface area contributed by atoms with E-state index in [1.165, 1.54) is 6.07 Å². The minimum absolute atomic E-state index is 0.149.